The number of ether oxygens (including phenoxy) is 1. The van der Waals surface area contributed by atoms with E-state index in [9.17, 15) is 18.0 Å². The molecule has 1 aromatic carbocycles. The summed E-state index contributed by atoms with van der Waals surface area (Å²) in [5, 5.41) is 0. The Morgan fingerprint density at radius 2 is 1.95 bits per heavy atom. The van der Waals surface area contributed by atoms with Gasteiger partial charge in [-0.15, -0.1) is 0 Å². The van der Waals surface area contributed by atoms with E-state index in [1.165, 1.54) is 6.07 Å². The van der Waals surface area contributed by atoms with Gasteiger partial charge in [0.05, 0.1) is 0 Å². The van der Waals surface area contributed by atoms with Crippen LogP contribution in [0.1, 0.15) is 34.5 Å². The molecule has 4 nitrogen and oxygen atoms in total. The van der Waals surface area contributed by atoms with E-state index in [4.69, 9.17) is 4.74 Å². The molecule has 0 amide bonds. The quantitative estimate of drug-likeness (QED) is 0.846. The summed E-state index contributed by atoms with van der Waals surface area (Å²) >= 11 is 0. The number of hydrogen-bond donors (Lipinski definition) is 0. The Morgan fingerprint density at radius 1 is 1.14 bits per heavy atom. The van der Waals surface area contributed by atoms with Crippen LogP contribution in [-0.2, 0) is 12.6 Å². The van der Waals surface area contributed by atoms with Gasteiger partial charge in [-0.2, -0.15) is 18.2 Å². The SMILES string of the molecule is O=C1CCCc2cc(Oc3nccc(C(F)(F)F)n3)ccc21. The average Bonchev–Trinajstić information content (AvgIpc) is 2.47. The molecule has 3 rings (SSSR count). The van der Waals surface area contributed by atoms with E-state index < -0.39 is 11.9 Å². The number of ketones is 1. The Labute approximate surface area is 124 Å². The second-order valence-electron chi connectivity index (χ2n) is 4.92. The minimum absolute atomic E-state index is 0.0723. The second kappa shape index (κ2) is 5.40. The molecule has 1 aromatic heterocycles. The lowest BCUT2D eigenvalue weighted by molar-refractivity contribution is -0.141. The fraction of sp³-hybridized carbons (Fsp3) is 0.267. The van der Waals surface area contributed by atoms with Crippen LogP contribution in [0.2, 0.25) is 0 Å². The summed E-state index contributed by atoms with van der Waals surface area (Å²) in [7, 11) is 0. The van der Waals surface area contributed by atoms with Crippen molar-refractivity contribution in [3.63, 3.8) is 0 Å². The Morgan fingerprint density at radius 3 is 2.73 bits per heavy atom. The molecule has 0 radical (unpaired) electrons. The topological polar surface area (TPSA) is 52.1 Å². The number of Topliss-reactive ketones (excluding diaryl/α,β-unsaturated/α-hetero) is 1. The zero-order valence-corrected chi connectivity index (χ0v) is 11.4. The maximum absolute atomic E-state index is 12.6. The summed E-state index contributed by atoms with van der Waals surface area (Å²) in [6, 6.07) is 5.21. The number of carbonyl (C=O) groups is 1. The molecule has 0 fully saturated rings. The third-order valence-corrected chi connectivity index (χ3v) is 3.36. The number of aryl methyl sites for hydroxylation is 1. The monoisotopic (exact) mass is 308 g/mol. The van der Waals surface area contributed by atoms with E-state index in [1.54, 1.807) is 12.1 Å². The molecule has 22 heavy (non-hydrogen) atoms. The molecular formula is C15H11F3N2O2. The predicted molar refractivity (Wildman–Crippen MR) is 70.8 cm³/mol. The van der Waals surface area contributed by atoms with Gasteiger partial charge in [0, 0.05) is 18.2 Å². The largest absolute Gasteiger partial charge is 0.433 e. The van der Waals surface area contributed by atoms with E-state index in [0.717, 1.165) is 30.7 Å². The van der Waals surface area contributed by atoms with Crippen LogP contribution >= 0.6 is 0 Å². The van der Waals surface area contributed by atoms with Crippen LogP contribution in [0, 0.1) is 0 Å². The number of aromatic nitrogens is 2. The number of halogens is 3. The summed E-state index contributed by atoms with van der Waals surface area (Å²) in [5.41, 5.74) is 0.412. The average molecular weight is 308 g/mol. The smallest absolute Gasteiger partial charge is 0.424 e. The van der Waals surface area contributed by atoms with Crippen LogP contribution in [0.3, 0.4) is 0 Å². The van der Waals surface area contributed by atoms with E-state index in [0.29, 0.717) is 17.7 Å². The normalized spacial score (nSPS) is 14.6. The van der Waals surface area contributed by atoms with Crippen LogP contribution < -0.4 is 4.74 Å². The van der Waals surface area contributed by atoms with Crippen molar-refractivity contribution in [2.24, 2.45) is 0 Å². The maximum Gasteiger partial charge on any atom is 0.433 e. The summed E-state index contributed by atoms with van der Waals surface area (Å²) in [6.45, 7) is 0. The van der Waals surface area contributed by atoms with Gasteiger partial charge in [-0.1, -0.05) is 0 Å². The molecular weight excluding hydrogens is 297 g/mol. The minimum Gasteiger partial charge on any atom is -0.424 e. The second-order valence-corrected chi connectivity index (χ2v) is 4.92. The van der Waals surface area contributed by atoms with Crippen molar-refractivity contribution < 1.29 is 22.7 Å². The van der Waals surface area contributed by atoms with E-state index in [-0.39, 0.29) is 11.8 Å². The van der Waals surface area contributed by atoms with Crippen molar-refractivity contribution in [2.45, 2.75) is 25.4 Å². The third-order valence-electron chi connectivity index (χ3n) is 3.36. The molecule has 114 valence electrons. The number of hydrogen-bond acceptors (Lipinski definition) is 4. The van der Waals surface area contributed by atoms with Gasteiger partial charge in [0.25, 0.3) is 0 Å². The van der Waals surface area contributed by atoms with Crippen LogP contribution in [0.25, 0.3) is 0 Å². The van der Waals surface area contributed by atoms with Gasteiger partial charge in [-0.05, 0) is 42.7 Å². The molecule has 0 atom stereocenters. The molecule has 0 aliphatic heterocycles. The van der Waals surface area contributed by atoms with Gasteiger partial charge in [0.1, 0.15) is 5.75 Å². The van der Waals surface area contributed by atoms with E-state index in [1.807, 2.05) is 0 Å². The van der Waals surface area contributed by atoms with Gasteiger partial charge in [0.2, 0.25) is 0 Å². The third kappa shape index (κ3) is 2.93. The highest BCUT2D eigenvalue weighted by atomic mass is 19.4. The lowest BCUT2D eigenvalue weighted by Gasteiger charge is -2.15. The van der Waals surface area contributed by atoms with E-state index >= 15 is 0 Å². The van der Waals surface area contributed by atoms with Crippen LogP contribution in [0.15, 0.2) is 30.5 Å². The molecule has 0 bridgehead atoms. The van der Waals surface area contributed by atoms with Crippen molar-refractivity contribution in [2.75, 3.05) is 0 Å². The van der Waals surface area contributed by atoms with Gasteiger partial charge >= 0.3 is 12.2 Å². The fourth-order valence-electron chi connectivity index (χ4n) is 2.34. The van der Waals surface area contributed by atoms with Gasteiger partial charge in [-0.25, -0.2) is 4.98 Å². The van der Waals surface area contributed by atoms with Crippen molar-refractivity contribution in [1.82, 2.24) is 9.97 Å². The standard InChI is InChI=1S/C15H11F3N2O2/c16-15(17,18)13-6-7-19-14(20-13)22-10-4-5-11-9(8-10)2-1-3-12(11)21/h4-8H,1-3H2. The maximum atomic E-state index is 12.6. The molecule has 1 aliphatic carbocycles. The first kappa shape index (κ1) is 14.5. The molecule has 2 aromatic rings. The molecule has 0 unspecified atom stereocenters. The van der Waals surface area contributed by atoms with Crippen LogP contribution in [0.4, 0.5) is 13.2 Å². The number of alkyl halides is 3. The number of carbonyl (C=O) groups excluding carboxylic acids is 1. The number of rotatable bonds is 2. The molecule has 0 spiro atoms. The molecule has 0 saturated carbocycles. The number of fused-ring (bicyclic) bond motifs is 1. The molecule has 0 saturated heterocycles. The summed E-state index contributed by atoms with van der Waals surface area (Å²) < 4.78 is 43.1. The zero-order chi connectivity index (χ0) is 15.7. The Balaban J connectivity index is 1.86. The van der Waals surface area contributed by atoms with Crippen molar-refractivity contribution >= 4 is 5.78 Å². The summed E-state index contributed by atoms with van der Waals surface area (Å²) in [4.78, 5) is 18.7. The first-order chi connectivity index (χ1) is 10.4. The molecule has 1 aliphatic rings. The van der Waals surface area contributed by atoms with Crippen molar-refractivity contribution in [3.8, 4) is 11.8 Å². The number of nitrogens with zero attached hydrogens (tertiary/aromatic N) is 2. The Bertz CT molecular complexity index is 729. The first-order valence-corrected chi connectivity index (χ1v) is 6.68. The zero-order valence-electron chi connectivity index (χ0n) is 11.4. The van der Waals surface area contributed by atoms with Gasteiger partial charge in [-0.3, -0.25) is 4.79 Å². The summed E-state index contributed by atoms with van der Waals surface area (Å²) in [5.74, 6) is 0.385. The molecule has 1 heterocycles. The molecule has 0 N–H and O–H groups in total. The minimum atomic E-state index is -4.55. The molecule has 7 heteroatoms. The number of benzene rings is 1. The summed E-state index contributed by atoms with van der Waals surface area (Å²) in [6.07, 6.45) is -1.54. The van der Waals surface area contributed by atoms with Gasteiger partial charge in [0.15, 0.2) is 11.5 Å². The van der Waals surface area contributed by atoms with Crippen LogP contribution in [-0.4, -0.2) is 15.8 Å². The van der Waals surface area contributed by atoms with Crippen molar-refractivity contribution in [3.05, 3.63) is 47.3 Å². The van der Waals surface area contributed by atoms with E-state index in [2.05, 4.69) is 9.97 Å². The fourth-order valence-corrected chi connectivity index (χ4v) is 2.34. The highest BCUT2D eigenvalue weighted by Crippen LogP contribution is 2.30. The van der Waals surface area contributed by atoms with Crippen LogP contribution in [0.5, 0.6) is 11.8 Å². The highest BCUT2D eigenvalue weighted by molar-refractivity contribution is 5.98. The van der Waals surface area contributed by atoms with Gasteiger partial charge < -0.3 is 4.74 Å². The lowest BCUT2D eigenvalue weighted by Crippen LogP contribution is -2.11. The first-order valence-electron chi connectivity index (χ1n) is 6.68. The highest BCUT2D eigenvalue weighted by Gasteiger charge is 2.33. The van der Waals surface area contributed by atoms with Crippen molar-refractivity contribution in [1.29, 1.82) is 0 Å². The Hall–Kier alpha value is -2.44. The predicted octanol–water partition coefficient (Wildman–Crippen LogP) is 3.81. The lowest BCUT2D eigenvalue weighted by atomic mass is 9.91. The Kier molecular flexibility index (Phi) is 3.56.